The van der Waals surface area contributed by atoms with Crippen LogP contribution >= 0.6 is 0 Å². The van der Waals surface area contributed by atoms with Crippen LogP contribution in [0.1, 0.15) is 12.1 Å². The molecule has 0 aliphatic rings. The lowest BCUT2D eigenvalue weighted by atomic mass is 10.2. The van der Waals surface area contributed by atoms with E-state index in [2.05, 4.69) is 4.98 Å². The standard InChI is InChI=1S/C11H14N2O3/c1-13(10(14)8-11(15)16)7-5-9-4-2-3-6-12-9/h2-4,6H,5,7-8H2,1H3,(H,15,16). The number of rotatable bonds is 5. The molecule has 0 aromatic carbocycles. The summed E-state index contributed by atoms with van der Waals surface area (Å²) in [5.41, 5.74) is 0.887. The molecule has 0 aliphatic heterocycles. The highest BCUT2D eigenvalue weighted by molar-refractivity contribution is 5.93. The van der Waals surface area contributed by atoms with Gasteiger partial charge in [-0.15, -0.1) is 0 Å². The average molecular weight is 222 g/mol. The lowest BCUT2D eigenvalue weighted by Crippen LogP contribution is -2.30. The van der Waals surface area contributed by atoms with Crippen molar-refractivity contribution in [3.63, 3.8) is 0 Å². The summed E-state index contributed by atoms with van der Waals surface area (Å²) in [5.74, 6) is -1.49. The van der Waals surface area contributed by atoms with E-state index in [-0.39, 0.29) is 5.91 Å². The predicted octanol–water partition coefficient (Wildman–Crippen LogP) is 0.557. The molecule has 1 heterocycles. The van der Waals surface area contributed by atoms with E-state index < -0.39 is 12.4 Å². The van der Waals surface area contributed by atoms with Crippen LogP contribution in [0.2, 0.25) is 0 Å². The number of carboxylic acids is 1. The normalized spacial score (nSPS) is 9.81. The molecule has 16 heavy (non-hydrogen) atoms. The van der Waals surface area contributed by atoms with Crippen LogP contribution in [0.5, 0.6) is 0 Å². The summed E-state index contributed by atoms with van der Waals surface area (Å²) in [5, 5.41) is 8.46. The van der Waals surface area contributed by atoms with Crippen molar-refractivity contribution in [1.82, 2.24) is 9.88 Å². The fourth-order valence-corrected chi connectivity index (χ4v) is 1.22. The minimum atomic E-state index is -1.10. The molecule has 5 heteroatoms. The van der Waals surface area contributed by atoms with E-state index in [9.17, 15) is 9.59 Å². The molecular formula is C11H14N2O3. The van der Waals surface area contributed by atoms with E-state index >= 15 is 0 Å². The molecule has 0 atom stereocenters. The zero-order chi connectivity index (χ0) is 12.0. The Morgan fingerprint density at radius 2 is 2.19 bits per heavy atom. The zero-order valence-electron chi connectivity index (χ0n) is 9.09. The molecule has 0 bridgehead atoms. The largest absolute Gasteiger partial charge is 0.481 e. The van der Waals surface area contributed by atoms with Gasteiger partial charge in [0.15, 0.2) is 0 Å². The molecule has 0 unspecified atom stereocenters. The first kappa shape index (κ1) is 12.2. The Morgan fingerprint density at radius 1 is 1.44 bits per heavy atom. The average Bonchev–Trinajstić information content (AvgIpc) is 2.26. The second kappa shape index (κ2) is 5.85. The van der Waals surface area contributed by atoms with Gasteiger partial charge in [0.1, 0.15) is 6.42 Å². The third-order valence-electron chi connectivity index (χ3n) is 2.16. The van der Waals surface area contributed by atoms with Crippen LogP contribution in [0, 0.1) is 0 Å². The van der Waals surface area contributed by atoms with Gasteiger partial charge >= 0.3 is 5.97 Å². The number of carbonyl (C=O) groups excluding carboxylic acids is 1. The summed E-state index contributed by atoms with van der Waals surface area (Å²) in [6, 6.07) is 5.57. The zero-order valence-corrected chi connectivity index (χ0v) is 9.09. The molecule has 1 aromatic heterocycles. The molecule has 1 amide bonds. The van der Waals surface area contributed by atoms with Gasteiger partial charge in [0.2, 0.25) is 5.91 Å². The number of hydrogen-bond donors (Lipinski definition) is 1. The summed E-state index contributed by atoms with van der Waals surface area (Å²) >= 11 is 0. The smallest absolute Gasteiger partial charge is 0.312 e. The quantitative estimate of drug-likeness (QED) is 0.739. The second-order valence-electron chi connectivity index (χ2n) is 3.46. The van der Waals surface area contributed by atoms with Crippen LogP contribution in [-0.2, 0) is 16.0 Å². The van der Waals surface area contributed by atoms with Crippen molar-refractivity contribution in [2.45, 2.75) is 12.8 Å². The van der Waals surface area contributed by atoms with Crippen LogP contribution < -0.4 is 0 Å². The van der Waals surface area contributed by atoms with Gasteiger partial charge in [0, 0.05) is 31.9 Å². The van der Waals surface area contributed by atoms with Gasteiger partial charge in [0.05, 0.1) is 0 Å². The minimum Gasteiger partial charge on any atom is -0.481 e. The SMILES string of the molecule is CN(CCc1ccccn1)C(=O)CC(=O)O. The van der Waals surface area contributed by atoms with Crippen molar-refractivity contribution in [1.29, 1.82) is 0 Å². The first-order valence-corrected chi connectivity index (χ1v) is 4.95. The number of aromatic nitrogens is 1. The summed E-state index contributed by atoms with van der Waals surface area (Å²) in [4.78, 5) is 27.2. The molecular weight excluding hydrogens is 208 g/mol. The molecule has 1 rings (SSSR count). The molecule has 1 N–H and O–H groups in total. The fraction of sp³-hybridized carbons (Fsp3) is 0.364. The van der Waals surface area contributed by atoms with Gasteiger partial charge in [-0.05, 0) is 12.1 Å². The topological polar surface area (TPSA) is 70.5 Å². The monoisotopic (exact) mass is 222 g/mol. The molecule has 0 aliphatic carbocycles. The second-order valence-corrected chi connectivity index (χ2v) is 3.46. The van der Waals surface area contributed by atoms with Gasteiger partial charge in [-0.25, -0.2) is 0 Å². The Bertz CT molecular complexity index is 365. The van der Waals surface area contributed by atoms with E-state index in [1.807, 2.05) is 18.2 Å². The highest BCUT2D eigenvalue weighted by Crippen LogP contribution is 1.98. The first-order valence-electron chi connectivity index (χ1n) is 4.95. The van der Waals surface area contributed by atoms with E-state index in [0.717, 1.165) is 5.69 Å². The molecule has 0 spiro atoms. The highest BCUT2D eigenvalue weighted by Gasteiger charge is 2.12. The lowest BCUT2D eigenvalue weighted by molar-refractivity contribution is -0.143. The highest BCUT2D eigenvalue weighted by atomic mass is 16.4. The number of amides is 1. The Balaban J connectivity index is 2.38. The maximum Gasteiger partial charge on any atom is 0.312 e. The Morgan fingerprint density at radius 3 is 2.75 bits per heavy atom. The predicted molar refractivity (Wildman–Crippen MR) is 57.8 cm³/mol. The lowest BCUT2D eigenvalue weighted by Gasteiger charge is -2.15. The number of carboxylic acid groups (broad SMARTS) is 1. The molecule has 0 fully saturated rings. The van der Waals surface area contributed by atoms with Gasteiger partial charge < -0.3 is 10.0 Å². The van der Waals surface area contributed by atoms with E-state index in [0.29, 0.717) is 13.0 Å². The van der Waals surface area contributed by atoms with Crippen LogP contribution in [0.25, 0.3) is 0 Å². The van der Waals surface area contributed by atoms with E-state index in [1.165, 1.54) is 4.90 Å². The summed E-state index contributed by atoms with van der Waals surface area (Å²) < 4.78 is 0. The Labute approximate surface area is 93.7 Å². The van der Waals surface area contributed by atoms with E-state index in [4.69, 9.17) is 5.11 Å². The number of likely N-dealkylation sites (N-methyl/N-ethyl adjacent to an activating group) is 1. The van der Waals surface area contributed by atoms with Gasteiger partial charge in [-0.3, -0.25) is 14.6 Å². The van der Waals surface area contributed by atoms with Crippen molar-refractivity contribution in [2.75, 3.05) is 13.6 Å². The van der Waals surface area contributed by atoms with Crippen LogP contribution in [-0.4, -0.2) is 40.5 Å². The number of aliphatic carboxylic acids is 1. The van der Waals surface area contributed by atoms with Crippen molar-refractivity contribution in [3.05, 3.63) is 30.1 Å². The third kappa shape index (κ3) is 4.08. The Hall–Kier alpha value is -1.91. The number of pyridine rings is 1. The van der Waals surface area contributed by atoms with Crippen molar-refractivity contribution in [2.24, 2.45) is 0 Å². The first-order chi connectivity index (χ1) is 7.59. The summed E-state index contributed by atoms with van der Waals surface area (Å²) in [7, 11) is 1.59. The maximum absolute atomic E-state index is 11.3. The maximum atomic E-state index is 11.3. The molecule has 86 valence electrons. The molecule has 0 saturated carbocycles. The third-order valence-corrected chi connectivity index (χ3v) is 2.16. The molecule has 5 nitrogen and oxygen atoms in total. The van der Waals surface area contributed by atoms with Crippen LogP contribution in [0.4, 0.5) is 0 Å². The fourth-order valence-electron chi connectivity index (χ4n) is 1.22. The molecule has 0 radical (unpaired) electrons. The van der Waals surface area contributed by atoms with Crippen molar-refractivity contribution >= 4 is 11.9 Å². The summed E-state index contributed by atoms with van der Waals surface area (Å²) in [6.07, 6.45) is 1.86. The number of nitrogens with zero attached hydrogens (tertiary/aromatic N) is 2. The van der Waals surface area contributed by atoms with Gasteiger partial charge in [-0.2, -0.15) is 0 Å². The molecule has 1 aromatic rings. The number of hydrogen-bond acceptors (Lipinski definition) is 3. The Kier molecular flexibility index (Phi) is 4.44. The number of carbonyl (C=O) groups is 2. The van der Waals surface area contributed by atoms with Crippen molar-refractivity contribution in [3.8, 4) is 0 Å². The van der Waals surface area contributed by atoms with Crippen molar-refractivity contribution < 1.29 is 14.7 Å². The summed E-state index contributed by atoms with van der Waals surface area (Å²) in [6.45, 7) is 0.475. The van der Waals surface area contributed by atoms with Gasteiger partial charge in [-0.1, -0.05) is 6.07 Å². The molecule has 0 saturated heterocycles. The van der Waals surface area contributed by atoms with Crippen LogP contribution in [0.15, 0.2) is 24.4 Å². The van der Waals surface area contributed by atoms with E-state index in [1.54, 1.807) is 13.2 Å². The van der Waals surface area contributed by atoms with Gasteiger partial charge in [0.25, 0.3) is 0 Å². The minimum absolute atomic E-state index is 0.386. The van der Waals surface area contributed by atoms with Crippen LogP contribution in [0.3, 0.4) is 0 Å².